The van der Waals surface area contributed by atoms with E-state index in [1.165, 1.54) is 17.5 Å². The van der Waals surface area contributed by atoms with Crippen LogP contribution >= 0.6 is 0 Å². The summed E-state index contributed by atoms with van der Waals surface area (Å²) in [7, 11) is 0. The van der Waals surface area contributed by atoms with Gasteiger partial charge in [0.1, 0.15) is 6.54 Å². The molecule has 0 bridgehead atoms. The molecule has 1 aromatic heterocycles. The summed E-state index contributed by atoms with van der Waals surface area (Å²) in [6.45, 7) is 2.30. The molecule has 0 unspecified atom stereocenters. The van der Waals surface area contributed by atoms with Crippen molar-refractivity contribution in [3.05, 3.63) is 52.8 Å². The van der Waals surface area contributed by atoms with Crippen LogP contribution in [0, 0.1) is 6.92 Å². The lowest BCUT2D eigenvalue weighted by Gasteiger charge is -2.04. The van der Waals surface area contributed by atoms with E-state index in [4.69, 9.17) is 0 Å². The molecule has 3 rings (SSSR count). The number of rotatable bonds is 3. The van der Waals surface area contributed by atoms with Gasteiger partial charge in [0.2, 0.25) is 0 Å². The number of fused-ring (bicyclic) bond motifs is 1. The van der Waals surface area contributed by atoms with Gasteiger partial charge in [-0.3, -0.25) is 9.48 Å². The van der Waals surface area contributed by atoms with Gasteiger partial charge in [-0.15, -0.1) is 0 Å². The van der Waals surface area contributed by atoms with E-state index in [0.717, 1.165) is 24.0 Å². The van der Waals surface area contributed by atoms with E-state index in [9.17, 15) is 4.79 Å². The number of benzene rings is 1. The van der Waals surface area contributed by atoms with Gasteiger partial charge < -0.3 is 0 Å². The number of hydrogen-bond donors (Lipinski definition) is 0. The number of carbonyl (C=O) groups excluding carboxylic acids is 1. The molecule has 0 amide bonds. The largest absolute Gasteiger partial charge is 0.292 e. The molecule has 0 N–H and O–H groups in total. The number of nitrogens with zero attached hydrogens (tertiary/aromatic N) is 2. The van der Waals surface area contributed by atoms with Gasteiger partial charge in [0.15, 0.2) is 5.78 Å². The zero-order valence-electron chi connectivity index (χ0n) is 10.5. The van der Waals surface area contributed by atoms with Crippen LogP contribution in [0.2, 0.25) is 0 Å². The molecule has 92 valence electrons. The third-order valence-electron chi connectivity index (χ3n) is 3.49. The molecule has 0 saturated heterocycles. The SMILES string of the molecule is Cc1cnn(CC(=O)c2ccc3c(c2)CCC3)c1. The molecule has 3 heteroatoms. The van der Waals surface area contributed by atoms with Gasteiger partial charge in [0.05, 0.1) is 6.20 Å². The standard InChI is InChI=1S/C15H16N2O/c1-11-8-16-17(9-11)10-15(18)14-6-5-12-3-2-4-13(12)7-14/h5-9H,2-4,10H2,1H3. The molecule has 0 saturated carbocycles. The minimum absolute atomic E-state index is 0.132. The van der Waals surface area contributed by atoms with Crippen LogP contribution in [-0.2, 0) is 19.4 Å². The zero-order chi connectivity index (χ0) is 12.5. The van der Waals surface area contributed by atoms with Gasteiger partial charge in [-0.05, 0) is 48.9 Å². The van der Waals surface area contributed by atoms with E-state index in [0.29, 0.717) is 6.54 Å². The quantitative estimate of drug-likeness (QED) is 0.773. The topological polar surface area (TPSA) is 34.9 Å². The Morgan fingerprint density at radius 2 is 2.17 bits per heavy atom. The van der Waals surface area contributed by atoms with Crippen LogP contribution in [-0.4, -0.2) is 15.6 Å². The molecule has 0 fully saturated rings. The van der Waals surface area contributed by atoms with E-state index in [-0.39, 0.29) is 5.78 Å². The van der Waals surface area contributed by atoms with Gasteiger partial charge in [-0.1, -0.05) is 12.1 Å². The lowest BCUT2D eigenvalue weighted by atomic mass is 10.0. The van der Waals surface area contributed by atoms with E-state index >= 15 is 0 Å². The highest BCUT2D eigenvalue weighted by Crippen LogP contribution is 2.23. The van der Waals surface area contributed by atoms with Crippen molar-refractivity contribution < 1.29 is 4.79 Å². The maximum absolute atomic E-state index is 12.2. The lowest BCUT2D eigenvalue weighted by molar-refractivity contribution is 0.0967. The highest BCUT2D eigenvalue weighted by atomic mass is 16.1. The fourth-order valence-electron chi connectivity index (χ4n) is 2.54. The molecular formula is C15H16N2O. The summed E-state index contributed by atoms with van der Waals surface area (Å²) in [5.41, 5.74) is 4.64. The van der Waals surface area contributed by atoms with Crippen molar-refractivity contribution in [1.82, 2.24) is 9.78 Å². The first-order valence-electron chi connectivity index (χ1n) is 6.36. The summed E-state index contributed by atoms with van der Waals surface area (Å²) >= 11 is 0. The Morgan fingerprint density at radius 3 is 2.94 bits per heavy atom. The average molecular weight is 240 g/mol. The molecule has 3 nitrogen and oxygen atoms in total. The first-order chi connectivity index (χ1) is 8.72. The Morgan fingerprint density at radius 1 is 1.33 bits per heavy atom. The second kappa shape index (κ2) is 4.41. The van der Waals surface area contributed by atoms with Gasteiger partial charge >= 0.3 is 0 Å². The molecular weight excluding hydrogens is 224 g/mol. The summed E-state index contributed by atoms with van der Waals surface area (Å²) in [4.78, 5) is 12.2. The Labute approximate surface area is 106 Å². The van der Waals surface area contributed by atoms with Crippen molar-refractivity contribution >= 4 is 5.78 Å². The van der Waals surface area contributed by atoms with Crippen LogP contribution < -0.4 is 0 Å². The maximum Gasteiger partial charge on any atom is 0.184 e. The number of carbonyl (C=O) groups is 1. The first kappa shape index (κ1) is 11.2. The Hall–Kier alpha value is -1.90. The summed E-state index contributed by atoms with van der Waals surface area (Å²) in [5, 5.41) is 4.15. The predicted octanol–water partition coefficient (Wildman–Crippen LogP) is 2.56. The first-order valence-corrected chi connectivity index (χ1v) is 6.36. The van der Waals surface area contributed by atoms with Gasteiger partial charge in [-0.25, -0.2) is 0 Å². The van der Waals surface area contributed by atoms with Crippen LogP contribution in [0.15, 0.2) is 30.6 Å². The average Bonchev–Trinajstić information content (AvgIpc) is 2.96. The number of hydrogen-bond acceptors (Lipinski definition) is 2. The molecule has 0 radical (unpaired) electrons. The Balaban J connectivity index is 1.80. The number of ketones is 1. The highest BCUT2D eigenvalue weighted by Gasteiger charge is 2.14. The molecule has 0 atom stereocenters. The zero-order valence-corrected chi connectivity index (χ0v) is 10.5. The van der Waals surface area contributed by atoms with Crippen molar-refractivity contribution in [3.63, 3.8) is 0 Å². The van der Waals surface area contributed by atoms with Crippen molar-refractivity contribution in [3.8, 4) is 0 Å². The summed E-state index contributed by atoms with van der Waals surface area (Å²) in [6.07, 6.45) is 7.14. The lowest BCUT2D eigenvalue weighted by Crippen LogP contribution is -2.11. The van der Waals surface area contributed by atoms with Crippen molar-refractivity contribution in [1.29, 1.82) is 0 Å². The fourth-order valence-corrected chi connectivity index (χ4v) is 2.54. The Bertz CT molecular complexity index is 598. The fraction of sp³-hybridized carbons (Fsp3) is 0.333. The van der Waals surface area contributed by atoms with E-state index in [2.05, 4.69) is 17.2 Å². The van der Waals surface area contributed by atoms with Gasteiger partial charge in [0, 0.05) is 11.8 Å². The molecule has 0 aliphatic heterocycles. The van der Waals surface area contributed by atoms with Crippen LogP contribution in [0.3, 0.4) is 0 Å². The van der Waals surface area contributed by atoms with E-state index in [1.54, 1.807) is 10.9 Å². The highest BCUT2D eigenvalue weighted by molar-refractivity contribution is 5.96. The minimum Gasteiger partial charge on any atom is -0.292 e. The van der Waals surface area contributed by atoms with E-state index < -0.39 is 0 Å². The van der Waals surface area contributed by atoms with E-state index in [1.807, 2.05) is 19.2 Å². The molecule has 1 aromatic carbocycles. The number of aromatic nitrogens is 2. The molecule has 1 heterocycles. The van der Waals surface area contributed by atoms with Crippen LogP contribution in [0.25, 0.3) is 0 Å². The molecule has 1 aliphatic rings. The minimum atomic E-state index is 0.132. The normalized spacial score (nSPS) is 13.6. The summed E-state index contributed by atoms with van der Waals surface area (Å²) in [6, 6.07) is 6.10. The number of aryl methyl sites for hydroxylation is 3. The van der Waals surface area contributed by atoms with Crippen molar-refractivity contribution in [2.45, 2.75) is 32.7 Å². The summed E-state index contributed by atoms with van der Waals surface area (Å²) in [5.74, 6) is 0.132. The maximum atomic E-state index is 12.2. The number of Topliss-reactive ketones (excluding diaryl/α,β-unsaturated/α-hetero) is 1. The monoisotopic (exact) mass is 240 g/mol. The van der Waals surface area contributed by atoms with Crippen LogP contribution in [0.4, 0.5) is 0 Å². The molecule has 1 aliphatic carbocycles. The third kappa shape index (κ3) is 2.08. The second-order valence-corrected chi connectivity index (χ2v) is 4.98. The van der Waals surface area contributed by atoms with Gasteiger partial charge in [-0.2, -0.15) is 5.10 Å². The third-order valence-corrected chi connectivity index (χ3v) is 3.49. The van der Waals surface area contributed by atoms with Crippen LogP contribution in [0.1, 0.15) is 33.5 Å². The van der Waals surface area contributed by atoms with Crippen molar-refractivity contribution in [2.24, 2.45) is 0 Å². The predicted molar refractivity (Wildman–Crippen MR) is 69.8 cm³/mol. The molecule has 18 heavy (non-hydrogen) atoms. The van der Waals surface area contributed by atoms with Crippen molar-refractivity contribution in [2.75, 3.05) is 0 Å². The second-order valence-electron chi connectivity index (χ2n) is 4.98. The molecule has 0 spiro atoms. The smallest absolute Gasteiger partial charge is 0.184 e. The molecule has 2 aromatic rings. The van der Waals surface area contributed by atoms with Crippen LogP contribution in [0.5, 0.6) is 0 Å². The summed E-state index contributed by atoms with van der Waals surface area (Å²) < 4.78 is 1.70. The Kier molecular flexibility index (Phi) is 2.74. The van der Waals surface area contributed by atoms with Gasteiger partial charge in [0.25, 0.3) is 0 Å².